The molecule has 0 aromatic rings. The molecule has 2 nitrogen and oxygen atoms in total. The van der Waals surface area contributed by atoms with E-state index in [4.69, 9.17) is 12.2 Å². The fourth-order valence-corrected chi connectivity index (χ4v) is 1.84. The normalized spacial score (nSPS) is 19.7. The van der Waals surface area contributed by atoms with Gasteiger partial charge in [0.15, 0.2) is 5.11 Å². The Hall–Kier alpha value is -0.310. The smallest absolute Gasteiger partial charge is 0.171 e. The van der Waals surface area contributed by atoms with E-state index in [0.717, 1.165) is 24.7 Å². The van der Waals surface area contributed by atoms with Gasteiger partial charge in [-0.3, -0.25) is 0 Å². The van der Waals surface area contributed by atoms with Crippen molar-refractivity contribution in [2.24, 2.45) is 0 Å². The van der Waals surface area contributed by atoms with Crippen LogP contribution in [-0.2, 0) is 0 Å². The predicted octanol–water partition coefficient (Wildman–Crippen LogP) is 1.71. The lowest BCUT2D eigenvalue weighted by molar-refractivity contribution is 0.392. The molecule has 0 atom stereocenters. The lowest BCUT2D eigenvalue weighted by Crippen LogP contribution is -2.39. The van der Waals surface area contributed by atoms with E-state index in [9.17, 15) is 0 Å². The molecule has 1 fully saturated rings. The first kappa shape index (κ1) is 9.78. The molecule has 0 amide bonds. The third-order valence-electron chi connectivity index (χ3n) is 2.26. The quantitative estimate of drug-likeness (QED) is 0.606. The zero-order chi connectivity index (χ0) is 8.97. The summed E-state index contributed by atoms with van der Waals surface area (Å²) in [5, 5.41) is 1.04. The Morgan fingerprint density at radius 1 is 1.33 bits per heavy atom. The van der Waals surface area contributed by atoms with E-state index in [1.165, 1.54) is 19.3 Å². The maximum atomic E-state index is 5.35. The number of nitrogens with zero attached hydrogens (tertiary/aromatic N) is 2. The highest BCUT2D eigenvalue weighted by Gasteiger charge is 2.15. The summed E-state index contributed by atoms with van der Waals surface area (Å²) < 4.78 is 0. The van der Waals surface area contributed by atoms with Crippen molar-refractivity contribution in [2.45, 2.75) is 26.2 Å². The lowest BCUT2D eigenvalue weighted by atomic mass is 10.3. The summed E-state index contributed by atoms with van der Waals surface area (Å²) in [6, 6.07) is 0. The van der Waals surface area contributed by atoms with Crippen molar-refractivity contribution < 1.29 is 0 Å². The van der Waals surface area contributed by atoms with E-state index in [1.54, 1.807) is 0 Å². The van der Waals surface area contributed by atoms with Crippen LogP contribution >= 0.6 is 12.2 Å². The molecule has 0 unspecified atom stereocenters. The van der Waals surface area contributed by atoms with Crippen LogP contribution in [0.1, 0.15) is 26.2 Å². The Kier molecular flexibility index (Phi) is 3.79. The first-order valence-electron chi connectivity index (χ1n) is 4.75. The molecule has 70 valence electrons. The minimum atomic E-state index is 1.04. The van der Waals surface area contributed by atoms with Gasteiger partial charge in [-0.15, -0.1) is 0 Å². The van der Waals surface area contributed by atoms with Gasteiger partial charge in [0.05, 0.1) is 0 Å². The minimum Gasteiger partial charge on any atom is -0.352 e. The standard InChI is InChI=1S/C9H18N2S/c1-3-6-11-8-5-4-7-10(2)9(11)12/h3-8H2,1-2H3. The largest absolute Gasteiger partial charge is 0.352 e. The van der Waals surface area contributed by atoms with Crippen LogP contribution in [0.2, 0.25) is 0 Å². The zero-order valence-electron chi connectivity index (χ0n) is 8.05. The van der Waals surface area contributed by atoms with E-state index < -0.39 is 0 Å². The molecule has 0 N–H and O–H groups in total. The molecule has 1 rings (SSSR count). The van der Waals surface area contributed by atoms with Crippen LogP contribution in [-0.4, -0.2) is 41.6 Å². The first-order valence-corrected chi connectivity index (χ1v) is 5.16. The second-order valence-electron chi connectivity index (χ2n) is 3.40. The molecular weight excluding hydrogens is 168 g/mol. The SMILES string of the molecule is CCCN1CCCCN(C)C1=S. The maximum absolute atomic E-state index is 5.35. The van der Waals surface area contributed by atoms with Crippen molar-refractivity contribution >= 4 is 17.3 Å². The Morgan fingerprint density at radius 2 is 2.00 bits per heavy atom. The van der Waals surface area contributed by atoms with Crippen LogP contribution in [0.4, 0.5) is 0 Å². The molecule has 3 heteroatoms. The molecule has 1 heterocycles. The van der Waals surface area contributed by atoms with Gasteiger partial charge in [-0.2, -0.15) is 0 Å². The number of rotatable bonds is 2. The average molecular weight is 186 g/mol. The summed E-state index contributed by atoms with van der Waals surface area (Å²) in [7, 11) is 2.09. The van der Waals surface area contributed by atoms with Crippen LogP contribution in [0, 0.1) is 0 Å². The monoisotopic (exact) mass is 186 g/mol. The second kappa shape index (κ2) is 4.65. The Balaban J connectivity index is 2.52. The summed E-state index contributed by atoms with van der Waals surface area (Å²) >= 11 is 5.35. The molecule has 0 aliphatic carbocycles. The molecular formula is C9H18N2S. The minimum absolute atomic E-state index is 1.04. The van der Waals surface area contributed by atoms with Crippen molar-refractivity contribution in [2.75, 3.05) is 26.7 Å². The first-order chi connectivity index (χ1) is 5.75. The summed E-state index contributed by atoms with van der Waals surface area (Å²) in [5.74, 6) is 0. The Morgan fingerprint density at radius 3 is 2.67 bits per heavy atom. The van der Waals surface area contributed by atoms with E-state index in [2.05, 4.69) is 23.8 Å². The molecule has 0 radical (unpaired) electrons. The van der Waals surface area contributed by atoms with Crippen molar-refractivity contribution in [1.29, 1.82) is 0 Å². The third-order valence-corrected chi connectivity index (χ3v) is 2.83. The van der Waals surface area contributed by atoms with Crippen molar-refractivity contribution in [1.82, 2.24) is 9.80 Å². The average Bonchev–Trinajstić information content (AvgIpc) is 2.20. The fourth-order valence-electron chi connectivity index (χ4n) is 1.56. The fraction of sp³-hybridized carbons (Fsp3) is 0.889. The Labute approximate surface area is 80.5 Å². The van der Waals surface area contributed by atoms with Crippen molar-refractivity contribution in [3.8, 4) is 0 Å². The van der Waals surface area contributed by atoms with Crippen molar-refractivity contribution in [3.05, 3.63) is 0 Å². The molecule has 0 aromatic carbocycles. The van der Waals surface area contributed by atoms with Gasteiger partial charge in [-0.25, -0.2) is 0 Å². The maximum Gasteiger partial charge on any atom is 0.171 e. The van der Waals surface area contributed by atoms with Gasteiger partial charge in [-0.05, 0) is 31.5 Å². The van der Waals surface area contributed by atoms with Gasteiger partial charge in [0, 0.05) is 26.7 Å². The number of hydrogen-bond acceptors (Lipinski definition) is 1. The summed E-state index contributed by atoms with van der Waals surface area (Å²) in [6.07, 6.45) is 3.75. The van der Waals surface area contributed by atoms with Crippen LogP contribution < -0.4 is 0 Å². The van der Waals surface area contributed by atoms with Gasteiger partial charge < -0.3 is 9.80 Å². The molecule has 12 heavy (non-hydrogen) atoms. The summed E-state index contributed by atoms with van der Waals surface area (Å²) in [6.45, 7) is 5.59. The summed E-state index contributed by atoms with van der Waals surface area (Å²) in [5.41, 5.74) is 0. The molecule has 0 saturated carbocycles. The van der Waals surface area contributed by atoms with Crippen LogP contribution in [0.5, 0.6) is 0 Å². The highest BCUT2D eigenvalue weighted by atomic mass is 32.1. The van der Waals surface area contributed by atoms with Crippen molar-refractivity contribution in [3.63, 3.8) is 0 Å². The number of hydrogen-bond donors (Lipinski definition) is 0. The molecule has 0 bridgehead atoms. The predicted molar refractivity (Wildman–Crippen MR) is 56.3 cm³/mol. The summed E-state index contributed by atoms with van der Waals surface area (Å²) in [4.78, 5) is 4.51. The van der Waals surface area contributed by atoms with Crippen LogP contribution in [0.3, 0.4) is 0 Å². The van der Waals surface area contributed by atoms with E-state index in [0.29, 0.717) is 0 Å². The molecule has 1 saturated heterocycles. The Bertz CT molecular complexity index is 159. The van der Waals surface area contributed by atoms with E-state index in [-0.39, 0.29) is 0 Å². The lowest BCUT2D eigenvalue weighted by Gasteiger charge is -2.27. The van der Waals surface area contributed by atoms with Gasteiger partial charge in [0.2, 0.25) is 0 Å². The van der Waals surface area contributed by atoms with Gasteiger partial charge in [-0.1, -0.05) is 6.92 Å². The van der Waals surface area contributed by atoms with E-state index >= 15 is 0 Å². The molecule has 1 aliphatic rings. The zero-order valence-corrected chi connectivity index (χ0v) is 8.86. The van der Waals surface area contributed by atoms with E-state index in [1.807, 2.05) is 0 Å². The van der Waals surface area contributed by atoms with Gasteiger partial charge in [0.1, 0.15) is 0 Å². The highest BCUT2D eigenvalue weighted by molar-refractivity contribution is 7.80. The highest BCUT2D eigenvalue weighted by Crippen LogP contribution is 2.08. The second-order valence-corrected chi connectivity index (χ2v) is 3.76. The van der Waals surface area contributed by atoms with Gasteiger partial charge >= 0.3 is 0 Å². The van der Waals surface area contributed by atoms with Gasteiger partial charge in [0.25, 0.3) is 0 Å². The number of thiocarbonyl (C=S) groups is 1. The topological polar surface area (TPSA) is 6.48 Å². The molecule has 0 spiro atoms. The van der Waals surface area contributed by atoms with Crippen LogP contribution in [0.15, 0.2) is 0 Å². The third kappa shape index (κ3) is 2.34. The molecule has 0 aromatic heterocycles. The van der Waals surface area contributed by atoms with Crippen LogP contribution in [0.25, 0.3) is 0 Å². The molecule has 1 aliphatic heterocycles.